The summed E-state index contributed by atoms with van der Waals surface area (Å²) in [5, 5.41) is 11.2. The van der Waals surface area contributed by atoms with Crippen LogP contribution in [0.4, 0.5) is 24.7 Å². The Kier molecular flexibility index (Phi) is 10.7. The Morgan fingerprint density at radius 2 is 1.66 bits per heavy atom. The molecule has 3 N–H and O–H groups in total. The highest BCUT2D eigenvalue weighted by Crippen LogP contribution is 2.30. The maximum Gasteiger partial charge on any atom is 0.573 e. The number of rotatable bonds is 8. The standard InChI is InChI=1S/C25H29F3N4O.2ClH/c1-29-22-14-24(32-21-8-4-3-7-20(21)22)31-19-12-10-17(11-13-19)15-30-16-18-6-2-5-9-23(18)33-25(26,27)28;;/h2-9,14,17,19,30H,10-13,15-16H2,1H3,(H2,29,31,32);2*1H/t17-,19+;;. The Bertz CT molecular complexity index is 1080. The summed E-state index contributed by atoms with van der Waals surface area (Å²) in [6.07, 6.45) is -0.516. The molecular formula is C25H31Cl2F3N4O. The van der Waals surface area contributed by atoms with Crippen molar-refractivity contribution in [3.63, 3.8) is 0 Å². The predicted octanol–water partition coefficient (Wildman–Crippen LogP) is 6.78. The van der Waals surface area contributed by atoms with Crippen LogP contribution in [0, 0.1) is 5.92 Å². The minimum absolute atomic E-state index is 0. The Hall–Kier alpha value is -2.42. The van der Waals surface area contributed by atoms with Crippen LogP contribution >= 0.6 is 24.8 Å². The third-order valence-electron chi connectivity index (χ3n) is 6.13. The molecule has 0 atom stereocenters. The van der Waals surface area contributed by atoms with E-state index in [1.54, 1.807) is 18.2 Å². The SMILES string of the molecule is CNc1cc(N[C@H]2CC[C@@H](CNCc3ccccc3OC(F)(F)F)CC2)nc2ccccc12.Cl.Cl. The number of nitrogens with one attached hydrogen (secondary N) is 3. The second-order valence-corrected chi connectivity index (χ2v) is 8.47. The smallest absolute Gasteiger partial charge is 0.405 e. The largest absolute Gasteiger partial charge is 0.573 e. The summed E-state index contributed by atoms with van der Waals surface area (Å²) in [4.78, 5) is 4.76. The van der Waals surface area contributed by atoms with Crippen molar-refractivity contribution in [1.82, 2.24) is 10.3 Å². The van der Waals surface area contributed by atoms with Gasteiger partial charge in [0, 0.05) is 42.3 Å². The number of aromatic nitrogens is 1. The molecule has 5 nitrogen and oxygen atoms in total. The van der Waals surface area contributed by atoms with Gasteiger partial charge in [-0.3, -0.25) is 0 Å². The van der Waals surface area contributed by atoms with Gasteiger partial charge in [0.25, 0.3) is 0 Å². The number of hydrogen-bond donors (Lipinski definition) is 3. The number of benzene rings is 2. The molecule has 0 unspecified atom stereocenters. The lowest BCUT2D eigenvalue weighted by atomic mass is 9.86. The summed E-state index contributed by atoms with van der Waals surface area (Å²) >= 11 is 0. The maximum absolute atomic E-state index is 12.6. The summed E-state index contributed by atoms with van der Waals surface area (Å²) in [5.41, 5.74) is 2.52. The number of ether oxygens (including phenoxy) is 1. The monoisotopic (exact) mass is 530 g/mol. The van der Waals surface area contributed by atoms with E-state index in [2.05, 4.69) is 32.8 Å². The molecule has 3 aromatic rings. The Morgan fingerprint density at radius 1 is 0.971 bits per heavy atom. The molecule has 2 aromatic carbocycles. The van der Waals surface area contributed by atoms with Crippen LogP contribution in [0.5, 0.6) is 5.75 Å². The zero-order chi connectivity index (χ0) is 23.3. The van der Waals surface area contributed by atoms with Crippen LogP contribution in [-0.4, -0.2) is 31.0 Å². The van der Waals surface area contributed by atoms with Crippen LogP contribution in [0.15, 0.2) is 54.6 Å². The lowest BCUT2D eigenvalue weighted by Crippen LogP contribution is -2.31. The maximum atomic E-state index is 12.6. The number of alkyl halides is 3. The third-order valence-corrected chi connectivity index (χ3v) is 6.13. The molecule has 0 radical (unpaired) electrons. The molecule has 4 rings (SSSR count). The number of pyridine rings is 1. The summed E-state index contributed by atoms with van der Waals surface area (Å²) in [6.45, 7) is 1.11. The van der Waals surface area contributed by atoms with Gasteiger partial charge in [0.15, 0.2) is 0 Å². The van der Waals surface area contributed by atoms with Crippen LogP contribution in [0.1, 0.15) is 31.2 Å². The number of nitrogens with zero attached hydrogens (tertiary/aromatic N) is 1. The van der Waals surface area contributed by atoms with Crippen molar-refractivity contribution in [2.45, 2.75) is 44.6 Å². The van der Waals surface area contributed by atoms with E-state index in [0.717, 1.165) is 54.6 Å². The van der Waals surface area contributed by atoms with E-state index in [1.165, 1.54) is 6.07 Å². The lowest BCUT2D eigenvalue weighted by Gasteiger charge is -2.30. The fourth-order valence-electron chi connectivity index (χ4n) is 4.46. The Morgan fingerprint density at radius 3 is 2.37 bits per heavy atom. The highest BCUT2D eigenvalue weighted by atomic mass is 35.5. The molecule has 1 saturated carbocycles. The second-order valence-electron chi connectivity index (χ2n) is 8.47. The molecule has 1 aromatic heterocycles. The first-order chi connectivity index (χ1) is 15.9. The van der Waals surface area contributed by atoms with Crippen molar-refractivity contribution in [1.29, 1.82) is 0 Å². The van der Waals surface area contributed by atoms with Gasteiger partial charge in [-0.25, -0.2) is 4.98 Å². The molecule has 1 aliphatic carbocycles. The third kappa shape index (κ3) is 8.05. The molecule has 0 bridgehead atoms. The molecule has 0 aliphatic heterocycles. The van der Waals surface area contributed by atoms with Gasteiger partial charge in [-0.1, -0.05) is 36.4 Å². The van der Waals surface area contributed by atoms with Crippen LogP contribution < -0.4 is 20.7 Å². The van der Waals surface area contributed by atoms with Gasteiger partial charge in [0.05, 0.1) is 5.52 Å². The zero-order valence-corrected chi connectivity index (χ0v) is 21.0. The fraction of sp³-hybridized carbons (Fsp3) is 0.400. The summed E-state index contributed by atoms with van der Waals surface area (Å²) < 4.78 is 41.9. The van der Waals surface area contributed by atoms with Crippen LogP contribution in [0.2, 0.25) is 0 Å². The average molecular weight is 531 g/mol. The van der Waals surface area contributed by atoms with Gasteiger partial charge in [-0.05, 0) is 50.3 Å². The topological polar surface area (TPSA) is 58.2 Å². The van der Waals surface area contributed by atoms with Crippen molar-refractivity contribution in [2.24, 2.45) is 5.92 Å². The van der Waals surface area contributed by atoms with Crippen molar-refractivity contribution in [2.75, 3.05) is 24.2 Å². The van der Waals surface area contributed by atoms with Gasteiger partial charge < -0.3 is 20.7 Å². The second kappa shape index (κ2) is 13.0. The molecule has 1 fully saturated rings. The Balaban J connectivity index is 0.00000216. The number of hydrogen-bond acceptors (Lipinski definition) is 5. The van der Waals surface area contributed by atoms with Crippen LogP contribution in [-0.2, 0) is 6.54 Å². The van der Waals surface area contributed by atoms with Crippen molar-refractivity contribution < 1.29 is 17.9 Å². The van der Waals surface area contributed by atoms with E-state index in [0.29, 0.717) is 24.1 Å². The molecular weight excluding hydrogens is 500 g/mol. The quantitative estimate of drug-likeness (QED) is 0.299. The van der Waals surface area contributed by atoms with E-state index in [9.17, 15) is 13.2 Å². The van der Waals surface area contributed by atoms with Gasteiger partial charge in [-0.15, -0.1) is 38.0 Å². The molecule has 1 heterocycles. The normalized spacial score (nSPS) is 17.7. The van der Waals surface area contributed by atoms with E-state index in [4.69, 9.17) is 4.98 Å². The Labute approximate surface area is 216 Å². The summed E-state index contributed by atoms with van der Waals surface area (Å²) in [6, 6.07) is 16.8. The van der Waals surface area contributed by atoms with Crippen molar-refractivity contribution >= 4 is 47.2 Å². The van der Waals surface area contributed by atoms with Crippen LogP contribution in [0.25, 0.3) is 10.9 Å². The van der Waals surface area contributed by atoms with Gasteiger partial charge in [-0.2, -0.15) is 0 Å². The number of halogens is 5. The molecule has 10 heteroatoms. The van der Waals surface area contributed by atoms with E-state index in [-0.39, 0.29) is 30.6 Å². The predicted molar refractivity (Wildman–Crippen MR) is 140 cm³/mol. The van der Waals surface area contributed by atoms with E-state index >= 15 is 0 Å². The molecule has 1 aliphatic rings. The molecule has 35 heavy (non-hydrogen) atoms. The number of anilines is 2. The highest BCUT2D eigenvalue weighted by molar-refractivity contribution is 5.92. The molecule has 0 saturated heterocycles. The van der Waals surface area contributed by atoms with E-state index < -0.39 is 6.36 Å². The first kappa shape index (κ1) is 28.8. The first-order valence-electron chi connectivity index (χ1n) is 11.3. The molecule has 0 amide bonds. The fourth-order valence-corrected chi connectivity index (χ4v) is 4.46. The van der Waals surface area contributed by atoms with Gasteiger partial charge >= 0.3 is 6.36 Å². The zero-order valence-electron chi connectivity index (χ0n) is 19.4. The highest BCUT2D eigenvalue weighted by Gasteiger charge is 2.32. The number of para-hydroxylation sites is 2. The van der Waals surface area contributed by atoms with Crippen molar-refractivity contribution in [3.05, 3.63) is 60.2 Å². The lowest BCUT2D eigenvalue weighted by molar-refractivity contribution is -0.274. The molecule has 0 spiro atoms. The minimum atomic E-state index is -4.69. The first-order valence-corrected chi connectivity index (χ1v) is 11.3. The van der Waals surface area contributed by atoms with Gasteiger partial charge in [0.2, 0.25) is 0 Å². The number of fused-ring (bicyclic) bond motifs is 1. The molecule has 192 valence electrons. The van der Waals surface area contributed by atoms with Crippen molar-refractivity contribution in [3.8, 4) is 5.75 Å². The summed E-state index contributed by atoms with van der Waals surface area (Å²) in [7, 11) is 1.91. The average Bonchev–Trinajstić information content (AvgIpc) is 2.80. The summed E-state index contributed by atoms with van der Waals surface area (Å²) in [5.74, 6) is 1.23. The van der Waals surface area contributed by atoms with E-state index in [1.807, 2.05) is 25.2 Å². The van der Waals surface area contributed by atoms with Gasteiger partial charge in [0.1, 0.15) is 11.6 Å². The van der Waals surface area contributed by atoms with Crippen LogP contribution in [0.3, 0.4) is 0 Å². The minimum Gasteiger partial charge on any atom is -0.405 e.